The van der Waals surface area contributed by atoms with E-state index >= 15 is 0 Å². The molecule has 2 heterocycles. The second kappa shape index (κ2) is 6.44. The molecule has 1 aliphatic carbocycles. The number of aromatic nitrogens is 1. The van der Waals surface area contributed by atoms with Gasteiger partial charge < -0.3 is 10.2 Å². The van der Waals surface area contributed by atoms with Gasteiger partial charge in [0.15, 0.2) is 0 Å². The van der Waals surface area contributed by atoms with Gasteiger partial charge in [-0.25, -0.2) is 4.98 Å². The van der Waals surface area contributed by atoms with Crippen molar-refractivity contribution in [2.45, 2.75) is 38.1 Å². The summed E-state index contributed by atoms with van der Waals surface area (Å²) in [6, 6.07) is 5.76. The number of hydrogen-bond donors (Lipinski definition) is 1. The van der Waals surface area contributed by atoms with Gasteiger partial charge in [-0.15, -0.1) is 11.3 Å². The summed E-state index contributed by atoms with van der Waals surface area (Å²) in [6.45, 7) is 4.02. The molecule has 25 heavy (non-hydrogen) atoms. The van der Waals surface area contributed by atoms with Crippen molar-refractivity contribution >= 4 is 34.5 Å². The third kappa shape index (κ3) is 3.35. The van der Waals surface area contributed by atoms with Crippen LogP contribution >= 0.6 is 11.3 Å². The molecule has 1 aromatic carbocycles. The van der Waals surface area contributed by atoms with E-state index in [2.05, 4.69) is 16.9 Å². The predicted molar refractivity (Wildman–Crippen MR) is 98.9 cm³/mol. The summed E-state index contributed by atoms with van der Waals surface area (Å²) < 4.78 is 0. The number of nitrogens with zero attached hydrogens (tertiary/aromatic N) is 2. The van der Waals surface area contributed by atoms with Crippen molar-refractivity contribution in [3.8, 4) is 0 Å². The van der Waals surface area contributed by atoms with Crippen LogP contribution in [0.1, 0.15) is 41.4 Å². The van der Waals surface area contributed by atoms with Crippen molar-refractivity contribution in [1.82, 2.24) is 4.98 Å². The lowest BCUT2D eigenvalue weighted by atomic mass is 10.0. The molecule has 6 heteroatoms. The Labute approximate surface area is 150 Å². The van der Waals surface area contributed by atoms with Crippen molar-refractivity contribution in [1.29, 1.82) is 0 Å². The zero-order chi connectivity index (χ0) is 17.4. The summed E-state index contributed by atoms with van der Waals surface area (Å²) in [5.41, 5.74) is 3.52. The molecule has 0 saturated heterocycles. The van der Waals surface area contributed by atoms with E-state index in [0.717, 1.165) is 29.1 Å². The molecule has 2 aliphatic rings. The van der Waals surface area contributed by atoms with Gasteiger partial charge in [0.1, 0.15) is 0 Å². The van der Waals surface area contributed by atoms with Crippen molar-refractivity contribution < 1.29 is 9.59 Å². The maximum atomic E-state index is 12.4. The summed E-state index contributed by atoms with van der Waals surface area (Å²) >= 11 is 1.67. The molecule has 5 nitrogen and oxygen atoms in total. The molecule has 2 aromatic rings. The van der Waals surface area contributed by atoms with E-state index < -0.39 is 0 Å². The highest BCUT2D eigenvalue weighted by Crippen LogP contribution is 2.41. The van der Waals surface area contributed by atoms with Crippen LogP contribution in [-0.4, -0.2) is 16.8 Å². The number of benzene rings is 1. The molecule has 0 bridgehead atoms. The summed E-state index contributed by atoms with van der Waals surface area (Å²) in [5.74, 6) is 0.448. The Balaban J connectivity index is 1.62. The van der Waals surface area contributed by atoms with Gasteiger partial charge in [0.25, 0.3) is 5.91 Å². The van der Waals surface area contributed by atoms with Crippen LogP contribution in [0.3, 0.4) is 0 Å². The topological polar surface area (TPSA) is 62.3 Å². The van der Waals surface area contributed by atoms with Crippen LogP contribution < -0.4 is 10.2 Å². The van der Waals surface area contributed by atoms with Gasteiger partial charge in [0, 0.05) is 29.1 Å². The number of hydrogen-bond acceptors (Lipinski definition) is 4. The van der Waals surface area contributed by atoms with Crippen molar-refractivity contribution in [3.63, 3.8) is 0 Å². The van der Waals surface area contributed by atoms with Crippen LogP contribution in [0.15, 0.2) is 36.2 Å². The van der Waals surface area contributed by atoms with Gasteiger partial charge in [0.05, 0.1) is 17.2 Å². The largest absolute Gasteiger partial charge is 0.326 e. The average Bonchev–Trinajstić information content (AvgIpc) is 3.37. The number of thiazole rings is 1. The third-order valence-corrected chi connectivity index (χ3v) is 5.61. The number of fused-ring (bicyclic) bond motifs is 1. The summed E-state index contributed by atoms with van der Waals surface area (Å²) in [4.78, 5) is 30.4. The minimum Gasteiger partial charge on any atom is -0.326 e. The standard InChI is InChI=1S/C19H19N3O2S/c1-2-18(24)22(10-14-11-25-19(20-14)13-3-4-13)15-7-5-12-6-8-17(23)21-16(12)9-15/h2,5,7,9,11,13H,1,3-4,6,8,10H2,(H,21,23). The Morgan fingerprint density at radius 1 is 1.40 bits per heavy atom. The number of amides is 2. The lowest BCUT2D eigenvalue weighted by Crippen LogP contribution is -2.29. The first-order valence-electron chi connectivity index (χ1n) is 8.45. The van der Waals surface area contributed by atoms with Crippen molar-refractivity contribution in [2.75, 3.05) is 10.2 Å². The van der Waals surface area contributed by atoms with Gasteiger partial charge in [-0.05, 0) is 43.0 Å². The van der Waals surface area contributed by atoms with E-state index in [9.17, 15) is 9.59 Å². The first-order chi connectivity index (χ1) is 12.1. The molecule has 0 unspecified atom stereocenters. The average molecular weight is 353 g/mol. The molecular weight excluding hydrogens is 334 g/mol. The van der Waals surface area contributed by atoms with Gasteiger partial charge in [-0.2, -0.15) is 0 Å². The molecule has 128 valence electrons. The molecule has 1 aliphatic heterocycles. The Kier molecular flexibility index (Phi) is 4.13. The van der Waals surface area contributed by atoms with Gasteiger partial charge in [-0.3, -0.25) is 9.59 Å². The fourth-order valence-electron chi connectivity index (χ4n) is 3.01. The smallest absolute Gasteiger partial charge is 0.250 e. The molecule has 1 N–H and O–H groups in total. The molecule has 1 aromatic heterocycles. The molecule has 0 atom stereocenters. The Hall–Kier alpha value is -2.47. The first kappa shape index (κ1) is 16.0. The predicted octanol–water partition coefficient (Wildman–Crippen LogP) is 3.62. The molecule has 2 amide bonds. The van der Waals surface area contributed by atoms with E-state index in [4.69, 9.17) is 0 Å². The molecule has 1 fully saturated rings. The number of carbonyl (C=O) groups is 2. The zero-order valence-electron chi connectivity index (χ0n) is 13.8. The van der Waals surface area contributed by atoms with Crippen LogP contribution in [0.5, 0.6) is 0 Å². The van der Waals surface area contributed by atoms with Crippen molar-refractivity contribution in [3.05, 3.63) is 52.5 Å². The van der Waals surface area contributed by atoms with E-state index in [1.807, 2.05) is 23.6 Å². The molecule has 0 radical (unpaired) electrons. The van der Waals surface area contributed by atoms with Gasteiger partial charge in [-0.1, -0.05) is 12.6 Å². The number of carbonyl (C=O) groups excluding carboxylic acids is 2. The highest BCUT2D eigenvalue weighted by Gasteiger charge is 2.27. The summed E-state index contributed by atoms with van der Waals surface area (Å²) in [5, 5.41) is 6.08. The second-order valence-corrected chi connectivity index (χ2v) is 7.36. The third-order valence-electron chi connectivity index (χ3n) is 4.56. The SMILES string of the molecule is C=CC(=O)N(Cc1csc(C2CC2)n1)c1ccc2c(c1)NC(=O)CC2. The molecule has 0 spiro atoms. The van der Waals surface area contributed by atoms with Gasteiger partial charge >= 0.3 is 0 Å². The minimum atomic E-state index is -0.178. The van der Waals surface area contributed by atoms with Crippen LogP contribution in [-0.2, 0) is 22.6 Å². The fraction of sp³-hybridized carbons (Fsp3) is 0.316. The Morgan fingerprint density at radius 3 is 3.00 bits per heavy atom. The highest BCUT2D eigenvalue weighted by molar-refractivity contribution is 7.09. The van der Waals surface area contributed by atoms with Crippen LogP contribution in [0.2, 0.25) is 0 Å². The van der Waals surface area contributed by atoms with Crippen LogP contribution in [0.4, 0.5) is 11.4 Å². The Bertz CT molecular complexity index is 854. The van der Waals surface area contributed by atoms with E-state index in [1.54, 1.807) is 16.2 Å². The number of rotatable bonds is 5. The number of aryl methyl sites for hydroxylation is 1. The summed E-state index contributed by atoms with van der Waals surface area (Å²) in [7, 11) is 0. The highest BCUT2D eigenvalue weighted by atomic mass is 32.1. The lowest BCUT2D eigenvalue weighted by Gasteiger charge is -2.24. The monoisotopic (exact) mass is 353 g/mol. The lowest BCUT2D eigenvalue weighted by molar-refractivity contribution is -0.116. The van der Waals surface area contributed by atoms with Crippen molar-refractivity contribution in [2.24, 2.45) is 0 Å². The van der Waals surface area contributed by atoms with E-state index in [-0.39, 0.29) is 11.8 Å². The molecule has 1 saturated carbocycles. The Morgan fingerprint density at radius 2 is 2.24 bits per heavy atom. The number of anilines is 2. The van der Waals surface area contributed by atoms with Crippen LogP contribution in [0, 0.1) is 0 Å². The zero-order valence-corrected chi connectivity index (χ0v) is 14.6. The number of nitrogens with one attached hydrogen (secondary N) is 1. The molecule has 4 rings (SSSR count). The summed E-state index contributed by atoms with van der Waals surface area (Å²) in [6.07, 6.45) is 4.98. The van der Waals surface area contributed by atoms with E-state index in [0.29, 0.717) is 18.9 Å². The van der Waals surface area contributed by atoms with Crippen LogP contribution in [0.25, 0.3) is 0 Å². The second-order valence-electron chi connectivity index (χ2n) is 6.47. The first-order valence-corrected chi connectivity index (χ1v) is 9.33. The van der Waals surface area contributed by atoms with Gasteiger partial charge in [0.2, 0.25) is 5.91 Å². The maximum absolute atomic E-state index is 12.4. The minimum absolute atomic E-state index is 0.0137. The quantitative estimate of drug-likeness (QED) is 0.835. The van der Waals surface area contributed by atoms with E-state index in [1.165, 1.54) is 23.9 Å². The maximum Gasteiger partial charge on any atom is 0.250 e. The fourth-order valence-corrected chi connectivity index (χ4v) is 3.99. The normalized spacial score (nSPS) is 16.1. The molecular formula is C19H19N3O2S.